The van der Waals surface area contributed by atoms with E-state index in [9.17, 15) is 19.7 Å². The number of nitro groups is 1. The normalized spacial score (nSPS) is 10.2. The predicted octanol–water partition coefficient (Wildman–Crippen LogP) is 3.56. The summed E-state index contributed by atoms with van der Waals surface area (Å²) in [6.45, 7) is 3.13. The number of hydrogen-bond donors (Lipinski definition) is 0. The molecule has 0 aliphatic rings. The van der Waals surface area contributed by atoms with Crippen LogP contribution in [0.2, 0.25) is 0 Å². The molecule has 6 heteroatoms. The van der Waals surface area contributed by atoms with Gasteiger partial charge in [0, 0.05) is 17.7 Å². The maximum atomic E-state index is 12.0. The van der Waals surface area contributed by atoms with Crippen LogP contribution in [0.25, 0.3) is 11.1 Å². The Morgan fingerprint density at radius 2 is 1.83 bits per heavy atom. The van der Waals surface area contributed by atoms with Crippen molar-refractivity contribution in [1.82, 2.24) is 0 Å². The zero-order valence-electron chi connectivity index (χ0n) is 13.0. The Morgan fingerprint density at radius 3 is 2.39 bits per heavy atom. The Labute approximate surface area is 132 Å². The first-order valence-electron chi connectivity index (χ1n) is 6.84. The zero-order valence-corrected chi connectivity index (χ0v) is 13.0. The van der Waals surface area contributed by atoms with Gasteiger partial charge in [-0.2, -0.15) is 0 Å². The number of ether oxygens (including phenoxy) is 1. The largest absolute Gasteiger partial charge is 0.465 e. The topological polar surface area (TPSA) is 86.5 Å². The summed E-state index contributed by atoms with van der Waals surface area (Å²) in [5.74, 6) is -0.848. The first-order valence-corrected chi connectivity index (χ1v) is 6.84. The fourth-order valence-electron chi connectivity index (χ4n) is 2.46. The van der Waals surface area contributed by atoms with Crippen molar-refractivity contribution in [2.75, 3.05) is 7.11 Å². The Morgan fingerprint density at radius 1 is 1.13 bits per heavy atom. The third-order valence-electron chi connectivity index (χ3n) is 3.54. The summed E-state index contributed by atoms with van der Waals surface area (Å²) in [5.41, 5.74) is 2.11. The van der Waals surface area contributed by atoms with Crippen molar-refractivity contribution >= 4 is 17.4 Å². The summed E-state index contributed by atoms with van der Waals surface area (Å²) in [6, 6.07) is 9.14. The summed E-state index contributed by atoms with van der Waals surface area (Å²) in [6.07, 6.45) is 0. The van der Waals surface area contributed by atoms with Gasteiger partial charge in [0.15, 0.2) is 5.78 Å². The first-order chi connectivity index (χ1) is 10.9. The molecule has 2 aromatic carbocycles. The second-order valence-corrected chi connectivity index (χ2v) is 5.03. The highest BCUT2D eigenvalue weighted by atomic mass is 16.6. The third kappa shape index (κ3) is 3.11. The molecule has 0 aliphatic heterocycles. The van der Waals surface area contributed by atoms with Crippen LogP contribution in [0.4, 0.5) is 5.69 Å². The molecule has 0 atom stereocenters. The molecule has 0 amide bonds. The molecule has 0 saturated carbocycles. The maximum Gasteiger partial charge on any atom is 0.338 e. The van der Waals surface area contributed by atoms with Crippen molar-refractivity contribution < 1.29 is 19.2 Å². The minimum absolute atomic E-state index is 0.174. The van der Waals surface area contributed by atoms with E-state index >= 15 is 0 Å². The van der Waals surface area contributed by atoms with Gasteiger partial charge < -0.3 is 4.74 Å². The molecule has 118 valence electrons. The molecule has 0 radical (unpaired) electrons. The molecule has 0 fully saturated rings. The van der Waals surface area contributed by atoms with E-state index in [0.29, 0.717) is 16.7 Å². The molecule has 0 heterocycles. The van der Waals surface area contributed by atoms with Crippen LogP contribution in [-0.4, -0.2) is 23.8 Å². The van der Waals surface area contributed by atoms with Crippen molar-refractivity contribution in [3.63, 3.8) is 0 Å². The Kier molecular flexibility index (Phi) is 4.55. The lowest BCUT2D eigenvalue weighted by Gasteiger charge is -2.14. The van der Waals surface area contributed by atoms with E-state index < -0.39 is 10.9 Å². The van der Waals surface area contributed by atoms with E-state index in [2.05, 4.69) is 0 Å². The van der Waals surface area contributed by atoms with Crippen LogP contribution >= 0.6 is 0 Å². The number of benzene rings is 2. The highest BCUT2D eigenvalue weighted by Gasteiger charge is 2.21. The van der Waals surface area contributed by atoms with Crippen LogP contribution in [-0.2, 0) is 4.74 Å². The van der Waals surface area contributed by atoms with Gasteiger partial charge in [0.05, 0.1) is 17.6 Å². The number of hydrogen-bond acceptors (Lipinski definition) is 5. The molecule has 23 heavy (non-hydrogen) atoms. The zero-order chi connectivity index (χ0) is 17.1. The van der Waals surface area contributed by atoms with Crippen LogP contribution in [0.3, 0.4) is 0 Å². The lowest BCUT2D eigenvalue weighted by atomic mass is 9.90. The number of ketones is 1. The average Bonchev–Trinajstić information content (AvgIpc) is 2.53. The molecule has 0 aliphatic carbocycles. The van der Waals surface area contributed by atoms with E-state index in [1.165, 1.54) is 32.2 Å². The number of methoxy groups -OCH3 is 1. The highest BCUT2D eigenvalue weighted by molar-refractivity contribution is 6.06. The highest BCUT2D eigenvalue weighted by Crippen LogP contribution is 2.33. The Hall–Kier alpha value is -3.02. The minimum Gasteiger partial charge on any atom is -0.465 e. The van der Waals surface area contributed by atoms with Crippen LogP contribution in [0.15, 0.2) is 36.4 Å². The second kappa shape index (κ2) is 6.39. The fourth-order valence-corrected chi connectivity index (χ4v) is 2.46. The number of non-ortho nitro benzene ring substituents is 1. The molecule has 2 aromatic rings. The predicted molar refractivity (Wildman–Crippen MR) is 84.6 cm³/mol. The summed E-state index contributed by atoms with van der Waals surface area (Å²) in [7, 11) is 1.27. The van der Waals surface area contributed by atoms with Gasteiger partial charge in [-0.05, 0) is 42.7 Å². The van der Waals surface area contributed by atoms with Crippen molar-refractivity contribution in [2.24, 2.45) is 0 Å². The van der Waals surface area contributed by atoms with E-state index in [4.69, 9.17) is 4.74 Å². The van der Waals surface area contributed by atoms with Crippen LogP contribution < -0.4 is 0 Å². The van der Waals surface area contributed by atoms with Crippen molar-refractivity contribution in [2.45, 2.75) is 13.8 Å². The van der Waals surface area contributed by atoms with Gasteiger partial charge in [-0.1, -0.05) is 12.1 Å². The van der Waals surface area contributed by atoms with Gasteiger partial charge in [0.2, 0.25) is 0 Å². The molecule has 2 rings (SSSR count). The van der Waals surface area contributed by atoms with Gasteiger partial charge >= 0.3 is 5.97 Å². The molecular formula is C17H15NO5. The number of esters is 1. The molecule has 0 spiro atoms. The Balaban J connectivity index is 2.79. The van der Waals surface area contributed by atoms with E-state index in [1.807, 2.05) is 0 Å². The molecule has 0 N–H and O–H groups in total. The molecular weight excluding hydrogens is 298 g/mol. The van der Waals surface area contributed by atoms with Crippen LogP contribution in [0, 0.1) is 17.0 Å². The van der Waals surface area contributed by atoms with E-state index in [0.717, 1.165) is 5.56 Å². The molecule has 6 nitrogen and oxygen atoms in total. The summed E-state index contributed by atoms with van der Waals surface area (Å²) >= 11 is 0. The smallest absolute Gasteiger partial charge is 0.338 e. The number of aryl methyl sites for hydroxylation is 1. The van der Waals surface area contributed by atoms with E-state index in [1.54, 1.807) is 25.1 Å². The van der Waals surface area contributed by atoms with Crippen molar-refractivity contribution in [3.8, 4) is 11.1 Å². The summed E-state index contributed by atoms with van der Waals surface area (Å²) in [5, 5.41) is 10.9. The fraction of sp³-hybridized carbons (Fsp3) is 0.176. The lowest BCUT2D eigenvalue weighted by Crippen LogP contribution is -2.07. The van der Waals surface area contributed by atoms with Crippen molar-refractivity contribution in [1.29, 1.82) is 0 Å². The summed E-state index contributed by atoms with van der Waals surface area (Å²) < 4.78 is 4.78. The molecule has 0 aromatic heterocycles. The standard InChI is InChI=1S/C17H15NO5/c1-10-5-4-6-14(17(20)23-3)16(10)13-8-7-12(18(21)22)9-15(13)11(2)19/h4-9H,1-3H3. The first kappa shape index (κ1) is 16.4. The number of nitrogens with zero attached hydrogens (tertiary/aromatic N) is 1. The van der Waals surface area contributed by atoms with Gasteiger partial charge in [0.1, 0.15) is 0 Å². The lowest BCUT2D eigenvalue weighted by molar-refractivity contribution is -0.384. The maximum absolute atomic E-state index is 12.0. The monoisotopic (exact) mass is 313 g/mol. The number of carbonyl (C=O) groups is 2. The van der Waals surface area contributed by atoms with Gasteiger partial charge in [-0.25, -0.2) is 4.79 Å². The Bertz CT molecular complexity index is 811. The number of rotatable bonds is 4. The SMILES string of the molecule is COC(=O)c1cccc(C)c1-c1ccc([N+](=O)[O-])cc1C(C)=O. The second-order valence-electron chi connectivity index (χ2n) is 5.03. The van der Waals surface area contributed by atoms with Crippen LogP contribution in [0.5, 0.6) is 0 Å². The molecule has 0 unspecified atom stereocenters. The van der Waals surface area contributed by atoms with Gasteiger partial charge in [-0.15, -0.1) is 0 Å². The number of Topliss-reactive ketones (excluding diaryl/α,β-unsaturated/α-hetero) is 1. The third-order valence-corrected chi connectivity index (χ3v) is 3.54. The summed E-state index contributed by atoms with van der Waals surface area (Å²) in [4.78, 5) is 34.3. The van der Waals surface area contributed by atoms with Gasteiger partial charge in [0.25, 0.3) is 5.69 Å². The van der Waals surface area contributed by atoms with Gasteiger partial charge in [-0.3, -0.25) is 14.9 Å². The van der Waals surface area contributed by atoms with Crippen LogP contribution in [0.1, 0.15) is 33.2 Å². The van der Waals surface area contributed by atoms with E-state index in [-0.39, 0.29) is 17.0 Å². The molecule has 0 bridgehead atoms. The van der Waals surface area contributed by atoms with Crippen molar-refractivity contribution in [3.05, 3.63) is 63.2 Å². The number of carbonyl (C=O) groups excluding carboxylic acids is 2. The number of nitro benzene ring substituents is 1. The minimum atomic E-state index is -0.560. The average molecular weight is 313 g/mol. The quantitative estimate of drug-likeness (QED) is 0.373. The molecule has 0 saturated heterocycles.